The van der Waals surface area contributed by atoms with Gasteiger partial charge in [0, 0.05) is 44.3 Å². The van der Waals surface area contributed by atoms with Gasteiger partial charge in [0.1, 0.15) is 0 Å². The molecule has 2 aliphatic rings. The number of nitrogens with zero attached hydrogens (tertiary/aromatic N) is 3. The van der Waals surface area contributed by atoms with Crippen molar-refractivity contribution in [1.82, 2.24) is 9.21 Å². The van der Waals surface area contributed by atoms with Gasteiger partial charge in [-0.2, -0.15) is 4.31 Å². The van der Waals surface area contributed by atoms with Gasteiger partial charge in [-0.3, -0.25) is 9.69 Å². The van der Waals surface area contributed by atoms with Crippen LogP contribution in [0.5, 0.6) is 0 Å². The number of likely N-dealkylation sites (N-methyl/N-ethyl adjacent to an activating group) is 1. The van der Waals surface area contributed by atoms with Gasteiger partial charge in [-0.1, -0.05) is 0 Å². The van der Waals surface area contributed by atoms with Crippen molar-refractivity contribution in [3.8, 4) is 0 Å². The number of hydrogen-bond acceptors (Lipinski definition) is 4. The zero-order chi connectivity index (χ0) is 17.6. The summed E-state index contributed by atoms with van der Waals surface area (Å²) >= 11 is 0. The van der Waals surface area contributed by atoms with Gasteiger partial charge in [-0.25, -0.2) is 8.42 Å². The largest absolute Gasteiger partial charge is 0.312 e. The van der Waals surface area contributed by atoms with Crippen molar-refractivity contribution in [3.63, 3.8) is 0 Å². The number of carbonyl (C=O) groups is 1. The van der Waals surface area contributed by atoms with Crippen molar-refractivity contribution in [2.75, 3.05) is 31.6 Å². The van der Waals surface area contributed by atoms with Crippen LogP contribution in [-0.2, 0) is 21.2 Å². The van der Waals surface area contributed by atoms with Crippen LogP contribution in [0.4, 0.5) is 5.69 Å². The van der Waals surface area contributed by atoms with Crippen LogP contribution < -0.4 is 4.90 Å². The number of hydrogen-bond donors (Lipinski definition) is 0. The van der Waals surface area contributed by atoms with Crippen molar-refractivity contribution >= 4 is 21.6 Å². The molecule has 2 heterocycles. The summed E-state index contributed by atoms with van der Waals surface area (Å²) in [5.74, 6) is -0.00826. The highest BCUT2D eigenvalue weighted by atomic mass is 32.2. The maximum atomic E-state index is 13.0. The Labute approximate surface area is 144 Å². The molecule has 1 fully saturated rings. The molecule has 0 aromatic heterocycles. The predicted octanol–water partition coefficient (Wildman–Crippen LogP) is 1.31. The molecule has 24 heavy (non-hydrogen) atoms. The standard InChI is InChI=1S/C17H25N3O3S/c1-12-10-19(11-13(2)18(12)4)24(22,23)16-5-6-17-15(9-16)7-8-20(17)14(3)21/h5-6,9,12-13H,7-8,10-11H2,1-4H3. The predicted molar refractivity (Wildman–Crippen MR) is 93.6 cm³/mol. The highest BCUT2D eigenvalue weighted by Gasteiger charge is 2.35. The Kier molecular flexibility index (Phi) is 4.44. The molecule has 2 aliphatic heterocycles. The Morgan fingerprint density at radius 2 is 1.79 bits per heavy atom. The summed E-state index contributed by atoms with van der Waals surface area (Å²) in [4.78, 5) is 15.9. The number of rotatable bonds is 2. The highest BCUT2D eigenvalue weighted by molar-refractivity contribution is 7.89. The van der Waals surface area contributed by atoms with E-state index in [1.54, 1.807) is 27.4 Å². The van der Waals surface area contributed by atoms with Crippen LogP contribution in [0, 0.1) is 0 Å². The Bertz CT molecular complexity index is 750. The lowest BCUT2D eigenvalue weighted by molar-refractivity contribution is -0.116. The van der Waals surface area contributed by atoms with Crippen LogP contribution in [-0.4, -0.2) is 62.3 Å². The molecule has 1 aromatic carbocycles. The lowest BCUT2D eigenvalue weighted by Crippen LogP contribution is -2.56. The lowest BCUT2D eigenvalue weighted by atomic mass is 10.1. The SMILES string of the molecule is CC(=O)N1CCc2cc(S(=O)(=O)N3CC(C)N(C)C(C)C3)ccc21. The van der Waals surface area contributed by atoms with Crippen LogP contribution in [0.1, 0.15) is 26.3 Å². The number of benzene rings is 1. The maximum Gasteiger partial charge on any atom is 0.243 e. The van der Waals surface area contributed by atoms with Crippen molar-refractivity contribution in [2.45, 2.75) is 44.2 Å². The average molecular weight is 351 g/mol. The Hall–Kier alpha value is -1.44. The summed E-state index contributed by atoms with van der Waals surface area (Å²) in [6.07, 6.45) is 0.702. The molecule has 2 atom stereocenters. The van der Waals surface area contributed by atoms with E-state index in [2.05, 4.69) is 4.90 Å². The molecule has 3 rings (SSSR count). The van der Waals surface area contributed by atoms with Crippen LogP contribution in [0.25, 0.3) is 0 Å². The third-order valence-corrected chi connectivity index (χ3v) is 7.12. The molecule has 1 aromatic rings. The van der Waals surface area contributed by atoms with Gasteiger partial charge in [0.25, 0.3) is 0 Å². The Balaban J connectivity index is 1.90. The number of piperazine rings is 1. The highest BCUT2D eigenvalue weighted by Crippen LogP contribution is 2.31. The molecule has 0 saturated carbocycles. The summed E-state index contributed by atoms with van der Waals surface area (Å²) in [7, 11) is -1.47. The van der Waals surface area contributed by atoms with Crippen molar-refractivity contribution in [1.29, 1.82) is 0 Å². The summed E-state index contributed by atoms with van der Waals surface area (Å²) < 4.78 is 27.6. The number of anilines is 1. The van der Waals surface area contributed by atoms with Gasteiger partial charge in [0.2, 0.25) is 15.9 Å². The molecule has 0 aliphatic carbocycles. The van der Waals surface area contributed by atoms with Gasteiger partial charge >= 0.3 is 0 Å². The molecular weight excluding hydrogens is 326 g/mol. The fourth-order valence-corrected chi connectivity index (χ4v) is 5.22. The minimum Gasteiger partial charge on any atom is -0.312 e. The molecule has 1 saturated heterocycles. The molecule has 0 spiro atoms. The van der Waals surface area contributed by atoms with Crippen LogP contribution >= 0.6 is 0 Å². The normalized spacial score (nSPS) is 25.8. The zero-order valence-corrected chi connectivity index (χ0v) is 15.5. The topological polar surface area (TPSA) is 60.9 Å². The first-order chi connectivity index (χ1) is 11.2. The molecule has 6 nitrogen and oxygen atoms in total. The zero-order valence-electron chi connectivity index (χ0n) is 14.7. The van der Waals surface area contributed by atoms with Gasteiger partial charge < -0.3 is 4.90 Å². The van der Waals surface area contributed by atoms with Crippen LogP contribution in [0.15, 0.2) is 23.1 Å². The van der Waals surface area contributed by atoms with Gasteiger partial charge in [0.15, 0.2) is 0 Å². The molecule has 132 valence electrons. The second kappa shape index (κ2) is 6.13. The van der Waals surface area contributed by atoms with Gasteiger partial charge in [0.05, 0.1) is 4.90 Å². The minimum absolute atomic E-state index is 0.00826. The van der Waals surface area contributed by atoms with Crippen LogP contribution in [0.3, 0.4) is 0 Å². The van der Waals surface area contributed by atoms with Gasteiger partial charge in [-0.15, -0.1) is 0 Å². The number of carbonyl (C=O) groups excluding carboxylic acids is 1. The van der Waals surface area contributed by atoms with Crippen molar-refractivity contribution in [3.05, 3.63) is 23.8 Å². The first kappa shape index (κ1) is 17.4. The monoisotopic (exact) mass is 351 g/mol. The molecule has 0 N–H and O–H groups in total. The second-order valence-corrected chi connectivity index (χ2v) is 8.83. The Morgan fingerprint density at radius 3 is 2.38 bits per heavy atom. The third-order valence-electron chi connectivity index (χ3n) is 5.29. The first-order valence-corrected chi connectivity index (χ1v) is 9.79. The molecule has 2 unspecified atom stereocenters. The number of sulfonamides is 1. The summed E-state index contributed by atoms with van der Waals surface area (Å²) in [6, 6.07) is 5.50. The smallest absolute Gasteiger partial charge is 0.243 e. The summed E-state index contributed by atoms with van der Waals surface area (Å²) in [6.45, 7) is 7.25. The summed E-state index contributed by atoms with van der Waals surface area (Å²) in [5.41, 5.74) is 1.77. The fraction of sp³-hybridized carbons (Fsp3) is 0.588. The molecule has 1 amide bonds. The Morgan fingerprint density at radius 1 is 1.17 bits per heavy atom. The van der Waals surface area contributed by atoms with E-state index in [1.165, 1.54) is 6.92 Å². The molecule has 7 heteroatoms. The van der Waals surface area contributed by atoms with E-state index < -0.39 is 10.0 Å². The van der Waals surface area contributed by atoms with E-state index in [1.807, 2.05) is 20.9 Å². The minimum atomic E-state index is -3.51. The molecule has 0 bridgehead atoms. The molecular formula is C17H25N3O3S. The van der Waals surface area contributed by atoms with E-state index >= 15 is 0 Å². The van der Waals surface area contributed by atoms with Crippen molar-refractivity contribution in [2.24, 2.45) is 0 Å². The average Bonchev–Trinajstić information content (AvgIpc) is 2.95. The summed E-state index contributed by atoms with van der Waals surface area (Å²) in [5, 5.41) is 0. The van der Waals surface area contributed by atoms with Crippen molar-refractivity contribution < 1.29 is 13.2 Å². The molecule has 0 radical (unpaired) electrons. The maximum absolute atomic E-state index is 13.0. The van der Waals surface area contributed by atoms with E-state index in [-0.39, 0.29) is 18.0 Å². The van der Waals surface area contributed by atoms with E-state index in [0.717, 1.165) is 11.3 Å². The number of amides is 1. The lowest BCUT2D eigenvalue weighted by Gasteiger charge is -2.41. The van der Waals surface area contributed by atoms with E-state index in [4.69, 9.17) is 0 Å². The van der Waals surface area contributed by atoms with Gasteiger partial charge in [-0.05, 0) is 51.1 Å². The van der Waals surface area contributed by atoms with Crippen LogP contribution in [0.2, 0.25) is 0 Å². The number of fused-ring (bicyclic) bond motifs is 1. The second-order valence-electron chi connectivity index (χ2n) is 6.90. The fourth-order valence-electron chi connectivity index (χ4n) is 3.57. The first-order valence-electron chi connectivity index (χ1n) is 8.35. The quantitative estimate of drug-likeness (QED) is 0.806. The third kappa shape index (κ3) is 2.85. The van der Waals surface area contributed by atoms with E-state index in [9.17, 15) is 13.2 Å². The van der Waals surface area contributed by atoms with E-state index in [0.29, 0.717) is 31.0 Å².